The quantitative estimate of drug-likeness (QED) is 0.416. The summed E-state index contributed by atoms with van der Waals surface area (Å²) in [5, 5.41) is 5.80. The van der Waals surface area contributed by atoms with Gasteiger partial charge in [-0.05, 0) is 5.41 Å². The number of nitrogens with zero attached hydrogens (tertiary/aromatic N) is 1. The van der Waals surface area contributed by atoms with E-state index in [4.69, 9.17) is 11.6 Å². The van der Waals surface area contributed by atoms with Crippen molar-refractivity contribution >= 4 is 30.4 Å². The van der Waals surface area contributed by atoms with Gasteiger partial charge in [0, 0.05) is 11.8 Å². The van der Waals surface area contributed by atoms with Crippen LogP contribution in [0.2, 0.25) is 0 Å². The minimum absolute atomic E-state index is 0.0207. The fourth-order valence-corrected chi connectivity index (χ4v) is 2.05. The van der Waals surface area contributed by atoms with E-state index >= 15 is 0 Å². The third kappa shape index (κ3) is 3.56. The van der Waals surface area contributed by atoms with Gasteiger partial charge in [-0.3, -0.25) is 0 Å². The summed E-state index contributed by atoms with van der Waals surface area (Å²) >= 11 is 10.0. The number of nitrogens with one attached hydrogen (secondary N) is 2. The molecular formula is C10H17ClFN3S. The number of halogens is 2. The molecule has 1 aliphatic heterocycles. The molecule has 0 aromatic heterocycles. The SMILES string of the molecule is CC(C)(C)[C@@H](CS)NC1=C(F)C=NC(Cl)N1. The summed E-state index contributed by atoms with van der Waals surface area (Å²) in [6.07, 6.45) is 1.12. The smallest absolute Gasteiger partial charge is 0.196 e. The zero-order valence-corrected chi connectivity index (χ0v) is 11.2. The van der Waals surface area contributed by atoms with Crippen LogP contribution < -0.4 is 10.6 Å². The molecule has 0 bridgehead atoms. The van der Waals surface area contributed by atoms with Crippen molar-refractivity contribution in [1.29, 1.82) is 0 Å². The molecule has 2 N–H and O–H groups in total. The molecule has 0 amide bonds. The van der Waals surface area contributed by atoms with Crippen LogP contribution in [0.3, 0.4) is 0 Å². The Balaban J connectivity index is 2.76. The Morgan fingerprint density at radius 3 is 2.81 bits per heavy atom. The zero-order valence-electron chi connectivity index (χ0n) is 9.59. The van der Waals surface area contributed by atoms with Crippen LogP contribution >= 0.6 is 24.2 Å². The lowest BCUT2D eigenvalue weighted by atomic mass is 9.88. The number of aliphatic imine (C=N–C) groups is 1. The van der Waals surface area contributed by atoms with E-state index in [9.17, 15) is 4.39 Å². The largest absolute Gasteiger partial charge is 0.365 e. The van der Waals surface area contributed by atoms with Crippen molar-refractivity contribution in [3.63, 3.8) is 0 Å². The minimum atomic E-state index is -0.623. The van der Waals surface area contributed by atoms with Gasteiger partial charge >= 0.3 is 0 Å². The highest BCUT2D eigenvalue weighted by Crippen LogP contribution is 2.22. The van der Waals surface area contributed by atoms with Gasteiger partial charge in [-0.25, -0.2) is 9.38 Å². The Morgan fingerprint density at radius 2 is 2.31 bits per heavy atom. The molecule has 92 valence electrons. The fourth-order valence-electron chi connectivity index (χ4n) is 1.24. The van der Waals surface area contributed by atoms with E-state index in [0.717, 1.165) is 6.21 Å². The van der Waals surface area contributed by atoms with Crippen LogP contribution in [0, 0.1) is 5.41 Å². The zero-order chi connectivity index (χ0) is 12.3. The van der Waals surface area contributed by atoms with Crippen LogP contribution in [0.1, 0.15) is 20.8 Å². The van der Waals surface area contributed by atoms with Gasteiger partial charge in [-0.1, -0.05) is 32.4 Å². The predicted octanol–water partition coefficient (Wildman–Crippen LogP) is 2.26. The number of allylic oxidation sites excluding steroid dienone is 1. The average Bonchev–Trinajstić information content (AvgIpc) is 2.17. The normalized spacial score (nSPS) is 23.0. The van der Waals surface area contributed by atoms with Crippen molar-refractivity contribution in [1.82, 2.24) is 10.6 Å². The fraction of sp³-hybridized carbons (Fsp3) is 0.700. The van der Waals surface area contributed by atoms with E-state index in [1.165, 1.54) is 0 Å². The van der Waals surface area contributed by atoms with Gasteiger partial charge in [0.15, 0.2) is 11.5 Å². The van der Waals surface area contributed by atoms with E-state index in [1.54, 1.807) is 0 Å². The molecule has 0 radical (unpaired) electrons. The lowest BCUT2D eigenvalue weighted by molar-refractivity contribution is 0.299. The number of rotatable bonds is 3. The van der Waals surface area contributed by atoms with Crippen molar-refractivity contribution in [2.75, 3.05) is 5.75 Å². The lowest BCUT2D eigenvalue weighted by Crippen LogP contribution is -2.46. The summed E-state index contributed by atoms with van der Waals surface area (Å²) < 4.78 is 13.4. The maximum Gasteiger partial charge on any atom is 0.196 e. The second-order valence-corrected chi connectivity index (χ2v) is 5.51. The van der Waals surface area contributed by atoms with E-state index in [2.05, 4.69) is 49.0 Å². The molecule has 6 heteroatoms. The van der Waals surface area contributed by atoms with Crippen molar-refractivity contribution in [2.45, 2.75) is 32.4 Å². The standard InChI is InChI=1S/C10H17ClFN3S/c1-10(2,3)7(5-16)14-8-6(12)4-13-9(11)15-8/h4,7,9,14-16H,5H2,1-3H3/t7-,9?/m1/s1. The van der Waals surface area contributed by atoms with Gasteiger partial charge in [0.05, 0.1) is 6.21 Å². The Kier molecular flexibility index (Phi) is 4.50. The molecule has 1 heterocycles. The number of alkyl halides is 1. The molecule has 0 aromatic rings. The maximum absolute atomic E-state index is 13.4. The summed E-state index contributed by atoms with van der Waals surface area (Å²) in [5.41, 5.74) is -0.643. The van der Waals surface area contributed by atoms with Crippen molar-refractivity contribution in [3.05, 3.63) is 11.6 Å². The topological polar surface area (TPSA) is 36.4 Å². The van der Waals surface area contributed by atoms with Crippen LogP contribution in [0.4, 0.5) is 4.39 Å². The molecule has 0 spiro atoms. The summed E-state index contributed by atoms with van der Waals surface area (Å²) in [5.74, 6) is 0.448. The summed E-state index contributed by atoms with van der Waals surface area (Å²) in [6.45, 7) is 6.19. The number of hydrogen-bond donors (Lipinski definition) is 3. The van der Waals surface area contributed by atoms with Crippen molar-refractivity contribution < 1.29 is 4.39 Å². The highest BCUT2D eigenvalue weighted by Gasteiger charge is 2.26. The molecule has 2 atom stereocenters. The van der Waals surface area contributed by atoms with E-state index in [0.29, 0.717) is 5.75 Å². The molecule has 0 aliphatic carbocycles. The van der Waals surface area contributed by atoms with Crippen molar-refractivity contribution in [2.24, 2.45) is 10.4 Å². The summed E-state index contributed by atoms with van der Waals surface area (Å²) in [4.78, 5) is 3.69. The Labute approximate surface area is 106 Å². The van der Waals surface area contributed by atoms with Gasteiger partial charge in [-0.2, -0.15) is 12.6 Å². The van der Waals surface area contributed by atoms with Crippen LogP contribution in [0.5, 0.6) is 0 Å². The summed E-state index contributed by atoms with van der Waals surface area (Å²) in [6, 6.07) is 0.0412. The first-order valence-corrected chi connectivity index (χ1v) is 6.12. The van der Waals surface area contributed by atoms with E-state index in [1.807, 2.05) is 0 Å². The first-order chi connectivity index (χ1) is 7.34. The molecule has 1 rings (SSSR count). The van der Waals surface area contributed by atoms with Gasteiger partial charge < -0.3 is 10.6 Å². The molecule has 1 aliphatic rings. The second-order valence-electron chi connectivity index (χ2n) is 4.73. The third-order valence-electron chi connectivity index (χ3n) is 2.37. The van der Waals surface area contributed by atoms with Gasteiger partial charge in [-0.15, -0.1) is 0 Å². The molecule has 1 unspecified atom stereocenters. The van der Waals surface area contributed by atoms with Crippen LogP contribution in [0.25, 0.3) is 0 Å². The minimum Gasteiger partial charge on any atom is -0.365 e. The van der Waals surface area contributed by atoms with Crippen LogP contribution in [-0.2, 0) is 0 Å². The highest BCUT2D eigenvalue weighted by atomic mass is 35.5. The second kappa shape index (κ2) is 5.27. The summed E-state index contributed by atoms with van der Waals surface area (Å²) in [7, 11) is 0. The average molecular weight is 266 g/mol. The Morgan fingerprint density at radius 1 is 1.69 bits per heavy atom. The molecule has 0 saturated heterocycles. The van der Waals surface area contributed by atoms with Gasteiger partial charge in [0.25, 0.3) is 0 Å². The molecule has 0 saturated carbocycles. The van der Waals surface area contributed by atoms with Gasteiger partial charge in [0.2, 0.25) is 0 Å². The van der Waals surface area contributed by atoms with Crippen LogP contribution in [0.15, 0.2) is 16.6 Å². The van der Waals surface area contributed by atoms with Crippen molar-refractivity contribution in [3.8, 4) is 0 Å². The Hall–Kier alpha value is -0.420. The highest BCUT2D eigenvalue weighted by molar-refractivity contribution is 7.80. The molecular weight excluding hydrogens is 249 g/mol. The van der Waals surface area contributed by atoms with Gasteiger partial charge in [0.1, 0.15) is 5.82 Å². The van der Waals surface area contributed by atoms with E-state index < -0.39 is 11.5 Å². The van der Waals surface area contributed by atoms with Crippen LogP contribution in [-0.4, -0.2) is 23.6 Å². The Bertz CT molecular complexity index is 312. The predicted molar refractivity (Wildman–Crippen MR) is 69.6 cm³/mol. The molecule has 3 nitrogen and oxygen atoms in total. The number of hydrogen-bond acceptors (Lipinski definition) is 4. The molecule has 16 heavy (non-hydrogen) atoms. The van der Waals surface area contributed by atoms with E-state index in [-0.39, 0.29) is 17.3 Å². The first kappa shape index (κ1) is 13.6. The lowest BCUT2D eigenvalue weighted by Gasteiger charge is -2.33. The number of thiol groups is 1. The molecule has 0 aromatic carbocycles. The maximum atomic E-state index is 13.4. The first-order valence-electron chi connectivity index (χ1n) is 5.05. The molecule has 0 fully saturated rings. The third-order valence-corrected chi connectivity index (χ3v) is 2.95. The monoisotopic (exact) mass is 265 g/mol.